The molecule has 2 atom stereocenters. The lowest BCUT2D eigenvalue weighted by Gasteiger charge is -2.31. The highest BCUT2D eigenvalue weighted by Gasteiger charge is 2.32. The summed E-state index contributed by atoms with van der Waals surface area (Å²) in [6.07, 6.45) is -0.746. The number of nitrogens with zero attached hydrogens (tertiary/aromatic N) is 2. The van der Waals surface area contributed by atoms with Crippen molar-refractivity contribution in [2.45, 2.75) is 19.1 Å². The van der Waals surface area contributed by atoms with Gasteiger partial charge in [0.15, 0.2) is 17.3 Å². The second kappa shape index (κ2) is 5.68. The predicted octanol–water partition coefficient (Wildman–Crippen LogP) is 0.420. The summed E-state index contributed by atoms with van der Waals surface area (Å²) in [5.41, 5.74) is 5.50. The average molecular weight is 279 g/mol. The summed E-state index contributed by atoms with van der Waals surface area (Å²) in [4.78, 5) is 13.7. The van der Waals surface area contributed by atoms with Gasteiger partial charge in [-0.2, -0.15) is 0 Å². The zero-order chi connectivity index (χ0) is 14.7. The van der Waals surface area contributed by atoms with Gasteiger partial charge in [-0.3, -0.25) is 4.79 Å². The first-order valence-corrected chi connectivity index (χ1v) is 6.17. The Morgan fingerprint density at radius 1 is 1.50 bits per heavy atom. The number of likely N-dealkylation sites (N-methyl/N-ethyl adjacent to an activating group) is 1. The standard InChI is InChI=1S/C13H17N3O4/c1-8(12(14)15-18)16(2)13(17)11-7-19-9-5-3-4-6-10(9)20-11/h3-6,8,11,18H,7H2,1-2H3,(H2,14,15). The molecule has 0 bridgehead atoms. The molecule has 0 spiro atoms. The van der Waals surface area contributed by atoms with Gasteiger partial charge in [-0.25, -0.2) is 0 Å². The number of ether oxygens (including phenoxy) is 2. The first-order valence-electron chi connectivity index (χ1n) is 6.17. The molecule has 0 saturated heterocycles. The van der Waals surface area contributed by atoms with Gasteiger partial charge in [0.25, 0.3) is 5.91 Å². The minimum atomic E-state index is -0.746. The van der Waals surface area contributed by atoms with Gasteiger partial charge in [0, 0.05) is 7.05 Å². The average Bonchev–Trinajstić information content (AvgIpc) is 2.51. The van der Waals surface area contributed by atoms with Crippen molar-refractivity contribution in [2.75, 3.05) is 13.7 Å². The van der Waals surface area contributed by atoms with E-state index >= 15 is 0 Å². The summed E-state index contributed by atoms with van der Waals surface area (Å²) in [5, 5.41) is 11.5. The number of amidine groups is 1. The molecule has 0 aliphatic carbocycles. The first-order chi connectivity index (χ1) is 9.54. The second-order valence-corrected chi connectivity index (χ2v) is 4.51. The third-order valence-electron chi connectivity index (χ3n) is 3.26. The molecule has 1 aromatic rings. The van der Waals surface area contributed by atoms with E-state index in [1.165, 1.54) is 4.90 Å². The van der Waals surface area contributed by atoms with E-state index in [0.29, 0.717) is 11.5 Å². The molecule has 108 valence electrons. The quantitative estimate of drug-likeness (QED) is 0.362. The summed E-state index contributed by atoms with van der Waals surface area (Å²) in [6.45, 7) is 1.79. The van der Waals surface area contributed by atoms with Crippen molar-refractivity contribution in [1.29, 1.82) is 0 Å². The van der Waals surface area contributed by atoms with Crippen molar-refractivity contribution in [3.63, 3.8) is 0 Å². The number of amides is 1. The van der Waals surface area contributed by atoms with Crippen LogP contribution in [0.25, 0.3) is 0 Å². The van der Waals surface area contributed by atoms with Gasteiger partial charge in [0.1, 0.15) is 6.61 Å². The molecule has 2 rings (SSSR count). The van der Waals surface area contributed by atoms with Crippen molar-refractivity contribution in [2.24, 2.45) is 10.9 Å². The fourth-order valence-electron chi connectivity index (χ4n) is 1.84. The number of nitrogens with two attached hydrogens (primary N) is 1. The Kier molecular flexibility index (Phi) is 3.97. The molecule has 2 unspecified atom stereocenters. The summed E-state index contributed by atoms with van der Waals surface area (Å²) >= 11 is 0. The number of para-hydroxylation sites is 2. The van der Waals surface area contributed by atoms with Crippen LogP contribution >= 0.6 is 0 Å². The highest BCUT2D eigenvalue weighted by atomic mass is 16.6. The maximum Gasteiger partial charge on any atom is 0.267 e. The highest BCUT2D eigenvalue weighted by molar-refractivity contribution is 5.91. The van der Waals surface area contributed by atoms with Crippen LogP contribution < -0.4 is 15.2 Å². The molecular weight excluding hydrogens is 262 g/mol. The molecule has 1 heterocycles. The van der Waals surface area contributed by atoms with Crippen molar-refractivity contribution in [3.8, 4) is 11.5 Å². The van der Waals surface area contributed by atoms with E-state index in [1.807, 2.05) is 6.07 Å². The molecule has 7 nitrogen and oxygen atoms in total. The minimum Gasteiger partial charge on any atom is -0.485 e. The summed E-state index contributed by atoms with van der Waals surface area (Å²) < 4.78 is 11.1. The third-order valence-corrected chi connectivity index (χ3v) is 3.26. The molecule has 7 heteroatoms. The lowest BCUT2D eigenvalue weighted by Crippen LogP contribution is -2.51. The molecule has 0 saturated carbocycles. The topological polar surface area (TPSA) is 97.4 Å². The van der Waals surface area contributed by atoms with Gasteiger partial charge in [-0.1, -0.05) is 17.3 Å². The van der Waals surface area contributed by atoms with Crippen molar-refractivity contribution in [3.05, 3.63) is 24.3 Å². The second-order valence-electron chi connectivity index (χ2n) is 4.51. The Bertz CT molecular complexity index is 532. The first kappa shape index (κ1) is 14.0. The number of carbonyl (C=O) groups excluding carboxylic acids is 1. The molecular formula is C13H17N3O4. The monoisotopic (exact) mass is 279 g/mol. The Balaban J connectivity index is 2.08. The number of carbonyl (C=O) groups is 1. The zero-order valence-electron chi connectivity index (χ0n) is 11.3. The van der Waals surface area contributed by atoms with Gasteiger partial charge < -0.3 is 25.3 Å². The lowest BCUT2D eigenvalue weighted by molar-refractivity contribution is -0.140. The van der Waals surface area contributed by atoms with Crippen molar-refractivity contribution >= 4 is 11.7 Å². The van der Waals surface area contributed by atoms with Crippen LogP contribution in [0.2, 0.25) is 0 Å². The molecule has 3 N–H and O–H groups in total. The van der Waals surface area contributed by atoms with Crippen LogP contribution in [0.3, 0.4) is 0 Å². The minimum absolute atomic E-state index is 0.0435. The fraction of sp³-hybridized carbons (Fsp3) is 0.385. The normalized spacial score (nSPS) is 19.3. The third kappa shape index (κ3) is 2.61. The van der Waals surface area contributed by atoms with Crippen LogP contribution in [-0.4, -0.2) is 47.7 Å². The summed E-state index contributed by atoms with van der Waals surface area (Å²) in [5.74, 6) is 0.808. The number of rotatable bonds is 3. The maximum atomic E-state index is 12.3. The largest absolute Gasteiger partial charge is 0.485 e. The van der Waals surface area contributed by atoms with Crippen LogP contribution in [0.1, 0.15) is 6.92 Å². The van der Waals surface area contributed by atoms with E-state index in [1.54, 1.807) is 32.2 Å². The van der Waals surface area contributed by atoms with Crippen LogP contribution in [0, 0.1) is 0 Å². The molecule has 20 heavy (non-hydrogen) atoms. The van der Waals surface area contributed by atoms with Gasteiger partial charge >= 0.3 is 0 Å². The highest BCUT2D eigenvalue weighted by Crippen LogP contribution is 2.31. The predicted molar refractivity (Wildman–Crippen MR) is 72.0 cm³/mol. The Labute approximate surface area is 116 Å². The fourth-order valence-corrected chi connectivity index (χ4v) is 1.84. The molecule has 1 aliphatic heterocycles. The zero-order valence-corrected chi connectivity index (χ0v) is 11.3. The van der Waals surface area contributed by atoms with E-state index in [2.05, 4.69) is 5.16 Å². The lowest BCUT2D eigenvalue weighted by atomic mass is 10.2. The Hall–Kier alpha value is -2.44. The Morgan fingerprint density at radius 3 is 2.80 bits per heavy atom. The van der Waals surface area contributed by atoms with Crippen LogP contribution in [0.15, 0.2) is 29.4 Å². The molecule has 0 fully saturated rings. The van der Waals surface area contributed by atoms with E-state index < -0.39 is 12.1 Å². The molecule has 1 aromatic carbocycles. The van der Waals surface area contributed by atoms with E-state index in [9.17, 15) is 4.79 Å². The SMILES string of the molecule is CC(C(N)=NO)N(C)C(=O)C1COc2ccccc2O1. The number of fused-ring (bicyclic) bond motifs is 1. The molecule has 0 aromatic heterocycles. The van der Waals surface area contributed by atoms with Gasteiger partial charge in [-0.15, -0.1) is 0 Å². The number of hydrogen-bond acceptors (Lipinski definition) is 5. The molecule has 1 amide bonds. The van der Waals surface area contributed by atoms with Crippen molar-refractivity contribution in [1.82, 2.24) is 4.90 Å². The Morgan fingerprint density at radius 2 is 2.15 bits per heavy atom. The number of hydrogen-bond donors (Lipinski definition) is 2. The maximum absolute atomic E-state index is 12.3. The van der Waals surface area contributed by atoms with Crippen molar-refractivity contribution < 1.29 is 19.5 Å². The summed E-state index contributed by atoms with van der Waals surface area (Å²) in [7, 11) is 1.56. The van der Waals surface area contributed by atoms with E-state index in [4.69, 9.17) is 20.4 Å². The van der Waals surface area contributed by atoms with E-state index in [-0.39, 0.29) is 18.3 Å². The van der Waals surface area contributed by atoms with Gasteiger partial charge in [0.2, 0.25) is 6.10 Å². The number of oxime groups is 1. The number of benzene rings is 1. The molecule has 1 aliphatic rings. The smallest absolute Gasteiger partial charge is 0.267 e. The van der Waals surface area contributed by atoms with Crippen LogP contribution in [0.5, 0.6) is 11.5 Å². The summed E-state index contributed by atoms with van der Waals surface area (Å²) in [6, 6.07) is 6.61. The molecule has 0 radical (unpaired) electrons. The van der Waals surface area contributed by atoms with Crippen LogP contribution in [-0.2, 0) is 4.79 Å². The van der Waals surface area contributed by atoms with E-state index in [0.717, 1.165) is 0 Å². The van der Waals surface area contributed by atoms with Crippen LogP contribution in [0.4, 0.5) is 0 Å². The van der Waals surface area contributed by atoms with Gasteiger partial charge in [-0.05, 0) is 19.1 Å². The van der Waals surface area contributed by atoms with Gasteiger partial charge in [0.05, 0.1) is 6.04 Å².